The number of nitrogens with zero attached hydrogens (tertiary/aromatic N) is 4. The number of carbonyl (C=O) groups excluding carboxylic acids is 1. The van der Waals surface area contributed by atoms with E-state index in [4.69, 9.17) is 26.1 Å². The Balaban J connectivity index is 1.17. The van der Waals surface area contributed by atoms with Crippen molar-refractivity contribution in [3.8, 4) is 28.4 Å². The lowest BCUT2D eigenvalue weighted by atomic mass is 10.0. The molecule has 0 radical (unpaired) electrons. The van der Waals surface area contributed by atoms with Crippen LogP contribution in [0.25, 0.3) is 22.5 Å². The first-order chi connectivity index (χ1) is 21.4. The normalized spacial score (nSPS) is 16.7. The molecule has 0 saturated carbocycles. The maximum atomic E-state index is 13.1. The zero-order chi connectivity index (χ0) is 30.6. The SMILES string of the molecule is COc1nc(-c2ccnc(-c3cccc(NC(=O)c4ccc(CNCC5CCO5)cn4)c3C)c2Cl)ccc1CN1CC(O)C1. The maximum Gasteiger partial charge on any atom is 0.274 e. The molecule has 0 aliphatic carbocycles. The second kappa shape index (κ2) is 13.4. The van der Waals surface area contributed by atoms with Gasteiger partial charge < -0.3 is 25.2 Å². The van der Waals surface area contributed by atoms with Crippen molar-refractivity contribution in [2.24, 2.45) is 0 Å². The Morgan fingerprint density at radius 3 is 2.68 bits per heavy atom. The summed E-state index contributed by atoms with van der Waals surface area (Å²) in [6, 6.07) is 15.0. The molecule has 1 atom stereocenters. The number of benzene rings is 1. The van der Waals surface area contributed by atoms with E-state index in [2.05, 4.69) is 25.5 Å². The number of methoxy groups -OCH3 is 1. The largest absolute Gasteiger partial charge is 0.481 e. The number of pyridine rings is 3. The zero-order valence-corrected chi connectivity index (χ0v) is 25.5. The van der Waals surface area contributed by atoms with Crippen LogP contribution in [-0.2, 0) is 17.8 Å². The number of likely N-dealkylation sites (tertiary alicyclic amines) is 1. The van der Waals surface area contributed by atoms with Gasteiger partial charge in [-0.05, 0) is 48.7 Å². The highest BCUT2D eigenvalue weighted by molar-refractivity contribution is 6.35. The van der Waals surface area contributed by atoms with Crippen LogP contribution in [0, 0.1) is 6.92 Å². The molecule has 2 fully saturated rings. The average Bonchev–Trinajstić information content (AvgIpc) is 2.99. The van der Waals surface area contributed by atoms with E-state index >= 15 is 0 Å². The van der Waals surface area contributed by atoms with Gasteiger partial charge >= 0.3 is 0 Å². The molecule has 1 unspecified atom stereocenters. The molecule has 2 aliphatic rings. The van der Waals surface area contributed by atoms with Gasteiger partial charge in [0.25, 0.3) is 5.91 Å². The average molecular weight is 615 g/mol. The van der Waals surface area contributed by atoms with Gasteiger partial charge in [0, 0.05) is 74.1 Å². The van der Waals surface area contributed by atoms with Gasteiger partial charge in [-0.2, -0.15) is 0 Å². The van der Waals surface area contributed by atoms with Crippen LogP contribution >= 0.6 is 11.6 Å². The van der Waals surface area contributed by atoms with E-state index in [1.54, 1.807) is 25.6 Å². The molecule has 10 nitrogen and oxygen atoms in total. The van der Waals surface area contributed by atoms with Crippen LogP contribution in [0.3, 0.4) is 0 Å². The lowest BCUT2D eigenvalue weighted by Gasteiger charge is -2.35. The highest BCUT2D eigenvalue weighted by Crippen LogP contribution is 2.38. The number of hydrogen-bond donors (Lipinski definition) is 3. The first-order valence-corrected chi connectivity index (χ1v) is 15.0. The van der Waals surface area contributed by atoms with E-state index in [0.717, 1.165) is 41.8 Å². The Morgan fingerprint density at radius 2 is 1.98 bits per heavy atom. The Labute approximate surface area is 261 Å². The summed E-state index contributed by atoms with van der Waals surface area (Å²) in [5.41, 5.74) is 6.48. The Bertz CT molecular complexity index is 1640. The number of halogens is 1. The number of aromatic nitrogens is 3. The Kier molecular flexibility index (Phi) is 9.15. The summed E-state index contributed by atoms with van der Waals surface area (Å²) in [4.78, 5) is 28.9. The number of ether oxygens (including phenoxy) is 2. The van der Waals surface area contributed by atoms with Crippen molar-refractivity contribution < 1.29 is 19.4 Å². The van der Waals surface area contributed by atoms with E-state index in [0.29, 0.717) is 71.5 Å². The van der Waals surface area contributed by atoms with Crippen LogP contribution in [0.4, 0.5) is 5.69 Å². The summed E-state index contributed by atoms with van der Waals surface area (Å²) < 4.78 is 11.0. The van der Waals surface area contributed by atoms with Gasteiger partial charge in [0.1, 0.15) is 5.69 Å². The van der Waals surface area contributed by atoms with Gasteiger partial charge in [-0.3, -0.25) is 19.7 Å². The molecule has 6 rings (SSSR count). The van der Waals surface area contributed by atoms with Crippen molar-refractivity contribution in [1.29, 1.82) is 0 Å². The summed E-state index contributed by atoms with van der Waals surface area (Å²) in [6.07, 6.45) is 4.53. The third-order valence-corrected chi connectivity index (χ3v) is 8.40. The number of nitrogens with one attached hydrogen (secondary N) is 2. The minimum atomic E-state index is -0.301. The number of anilines is 1. The quantitative estimate of drug-likeness (QED) is 0.224. The molecule has 3 N–H and O–H groups in total. The predicted octanol–water partition coefficient (Wildman–Crippen LogP) is 4.48. The summed E-state index contributed by atoms with van der Waals surface area (Å²) >= 11 is 6.96. The molecule has 5 heterocycles. The topological polar surface area (TPSA) is 122 Å². The van der Waals surface area contributed by atoms with Crippen LogP contribution in [0.5, 0.6) is 5.88 Å². The summed E-state index contributed by atoms with van der Waals surface area (Å²) in [5.74, 6) is 0.213. The number of aliphatic hydroxyl groups excluding tert-OH is 1. The first kappa shape index (κ1) is 30.1. The molecule has 4 aromatic rings. The van der Waals surface area contributed by atoms with E-state index < -0.39 is 0 Å². The van der Waals surface area contributed by atoms with E-state index in [9.17, 15) is 9.90 Å². The van der Waals surface area contributed by atoms with Gasteiger partial charge in [-0.1, -0.05) is 35.9 Å². The fraction of sp³-hybridized carbons (Fsp3) is 0.333. The van der Waals surface area contributed by atoms with Crippen molar-refractivity contribution in [3.63, 3.8) is 0 Å². The van der Waals surface area contributed by atoms with Crippen molar-refractivity contribution in [2.45, 2.75) is 38.6 Å². The molecule has 0 spiro atoms. The zero-order valence-electron chi connectivity index (χ0n) is 24.7. The molecule has 2 saturated heterocycles. The number of carbonyl (C=O) groups is 1. The molecule has 2 aliphatic heterocycles. The smallest absolute Gasteiger partial charge is 0.274 e. The molecular weight excluding hydrogens is 580 g/mol. The Morgan fingerprint density at radius 1 is 1.14 bits per heavy atom. The van der Waals surface area contributed by atoms with Crippen LogP contribution in [0.2, 0.25) is 5.02 Å². The second-order valence-electron chi connectivity index (χ2n) is 11.1. The Hall–Kier alpha value is -3.93. The standard InChI is InChI=1S/C33H35ClN6O4/c1-20-25(4-3-5-27(20)38-32(42)29-8-6-21(15-37-29)14-35-16-24-11-13-44-24)31-30(34)26(10-12-36-31)28-9-7-22(33(39-28)43-2)17-40-18-23(41)19-40/h3-10,12,15,23-24,35,41H,11,13-14,16-19H2,1-2H3,(H,38,42). The van der Waals surface area contributed by atoms with Crippen LogP contribution < -0.4 is 15.4 Å². The molecule has 228 valence electrons. The van der Waals surface area contributed by atoms with Crippen molar-refractivity contribution in [3.05, 3.63) is 88.3 Å². The van der Waals surface area contributed by atoms with Crippen molar-refractivity contribution >= 4 is 23.2 Å². The van der Waals surface area contributed by atoms with E-state index in [1.807, 2.05) is 49.4 Å². The lowest BCUT2D eigenvalue weighted by Crippen LogP contribution is -2.49. The molecule has 0 bridgehead atoms. The molecular formula is C33H35ClN6O4. The van der Waals surface area contributed by atoms with Crippen molar-refractivity contribution in [2.75, 3.05) is 38.7 Å². The fourth-order valence-electron chi connectivity index (χ4n) is 5.36. The maximum absolute atomic E-state index is 13.1. The molecule has 44 heavy (non-hydrogen) atoms. The summed E-state index contributed by atoms with van der Waals surface area (Å²) in [6.45, 7) is 6.16. The molecule has 1 amide bonds. The molecule has 3 aromatic heterocycles. The van der Waals surface area contributed by atoms with Crippen LogP contribution in [0.1, 0.15) is 33.6 Å². The monoisotopic (exact) mass is 614 g/mol. The van der Waals surface area contributed by atoms with Gasteiger partial charge in [0.05, 0.1) is 35.7 Å². The number of amides is 1. The minimum absolute atomic E-state index is 0.272. The van der Waals surface area contributed by atoms with Crippen LogP contribution in [0.15, 0.2) is 60.9 Å². The fourth-order valence-corrected chi connectivity index (χ4v) is 5.67. The van der Waals surface area contributed by atoms with Gasteiger partial charge in [-0.25, -0.2) is 4.98 Å². The molecule has 11 heteroatoms. The number of hydrogen-bond acceptors (Lipinski definition) is 9. The second-order valence-corrected chi connectivity index (χ2v) is 11.5. The summed E-state index contributed by atoms with van der Waals surface area (Å²) in [5, 5.41) is 16.4. The lowest BCUT2D eigenvalue weighted by molar-refractivity contribution is -0.0484. The number of rotatable bonds is 11. The first-order valence-electron chi connectivity index (χ1n) is 14.7. The molecule has 1 aromatic carbocycles. The van der Waals surface area contributed by atoms with E-state index in [1.165, 1.54) is 0 Å². The van der Waals surface area contributed by atoms with Gasteiger partial charge in [-0.15, -0.1) is 0 Å². The summed E-state index contributed by atoms with van der Waals surface area (Å²) in [7, 11) is 1.59. The highest BCUT2D eigenvalue weighted by atomic mass is 35.5. The van der Waals surface area contributed by atoms with Gasteiger partial charge in [0.15, 0.2) is 0 Å². The number of β-amino-alcohol motifs (C(OH)–C–C–N with tert-alkyl or cyclic N) is 1. The third-order valence-electron chi connectivity index (χ3n) is 8.02. The van der Waals surface area contributed by atoms with E-state index in [-0.39, 0.29) is 12.0 Å². The predicted molar refractivity (Wildman–Crippen MR) is 169 cm³/mol. The highest BCUT2D eigenvalue weighted by Gasteiger charge is 2.26. The third kappa shape index (κ3) is 6.59. The van der Waals surface area contributed by atoms with Gasteiger partial charge in [0.2, 0.25) is 5.88 Å². The van der Waals surface area contributed by atoms with Crippen molar-refractivity contribution in [1.82, 2.24) is 25.2 Å². The van der Waals surface area contributed by atoms with Crippen LogP contribution in [-0.4, -0.2) is 76.4 Å². The minimum Gasteiger partial charge on any atom is -0.481 e. The number of aliphatic hydroxyl groups is 1.